The normalized spacial score (nSPS) is 17.4. The van der Waals surface area contributed by atoms with Gasteiger partial charge in [0.25, 0.3) is 5.91 Å². The smallest absolute Gasteiger partial charge is 0.290 e. The third-order valence-electron chi connectivity index (χ3n) is 4.92. The second-order valence-electron chi connectivity index (χ2n) is 6.71. The highest BCUT2D eigenvalue weighted by atomic mass is 16.3. The van der Waals surface area contributed by atoms with Gasteiger partial charge in [-0.3, -0.25) is 9.59 Å². The zero-order chi connectivity index (χ0) is 16.9. The lowest BCUT2D eigenvalue weighted by molar-refractivity contribution is -0.133. The fourth-order valence-electron chi connectivity index (χ4n) is 3.10. The summed E-state index contributed by atoms with van der Waals surface area (Å²) in [7, 11) is 0. The summed E-state index contributed by atoms with van der Waals surface area (Å²) in [5.74, 6) is -0.0371. The van der Waals surface area contributed by atoms with Crippen molar-refractivity contribution in [3.05, 3.63) is 34.6 Å². The minimum absolute atomic E-state index is 0.141. The molecule has 0 spiro atoms. The Morgan fingerprint density at radius 3 is 2.61 bits per heavy atom. The van der Waals surface area contributed by atoms with Gasteiger partial charge in [0.1, 0.15) is 11.1 Å². The lowest BCUT2D eigenvalue weighted by atomic mass is 9.98. The van der Waals surface area contributed by atoms with Crippen molar-refractivity contribution in [3.63, 3.8) is 0 Å². The Morgan fingerprint density at radius 2 is 1.91 bits per heavy atom. The van der Waals surface area contributed by atoms with Gasteiger partial charge in [0.15, 0.2) is 5.76 Å². The molecule has 0 bridgehead atoms. The number of benzene rings is 1. The van der Waals surface area contributed by atoms with E-state index in [0.29, 0.717) is 18.8 Å². The van der Waals surface area contributed by atoms with E-state index in [-0.39, 0.29) is 11.8 Å². The van der Waals surface area contributed by atoms with Gasteiger partial charge in [0.2, 0.25) is 5.91 Å². The molecule has 0 aliphatic carbocycles. The Balaban J connectivity index is 2.10. The first-order valence-electron chi connectivity index (χ1n) is 7.84. The maximum absolute atomic E-state index is 13.0. The molecule has 1 aliphatic rings. The van der Waals surface area contributed by atoms with Crippen molar-refractivity contribution >= 4 is 22.8 Å². The lowest BCUT2D eigenvalue weighted by Gasteiger charge is -2.40. The van der Waals surface area contributed by atoms with Crippen LogP contribution in [0.15, 0.2) is 16.5 Å². The topological polar surface area (TPSA) is 62.6 Å². The number of nitrogens with one attached hydrogen (secondary N) is 1. The zero-order valence-corrected chi connectivity index (χ0v) is 14.2. The zero-order valence-electron chi connectivity index (χ0n) is 14.2. The molecule has 5 heteroatoms. The van der Waals surface area contributed by atoms with Crippen LogP contribution < -0.4 is 5.32 Å². The van der Waals surface area contributed by atoms with Crippen LogP contribution in [0.3, 0.4) is 0 Å². The molecule has 2 heterocycles. The number of amides is 2. The Morgan fingerprint density at radius 1 is 1.22 bits per heavy atom. The molecule has 1 fully saturated rings. The molecule has 0 atom stereocenters. The summed E-state index contributed by atoms with van der Waals surface area (Å²) in [5.41, 5.74) is 2.87. The predicted octanol–water partition coefficient (Wildman–Crippen LogP) is 2.71. The highest BCUT2D eigenvalue weighted by molar-refractivity contribution is 6.02. The Bertz CT molecular complexity index is 817. The van der Waals surface area contributed by atoms with E-state index in [1.165, 1.54) is 0 Å². The molecular weight excluding hydrogens is 292 g/mol. The number of nitrogens with zero attached hydrogens (tertiary/aromatic N) is 1. The van der Waals surface area contributed by atoms with Gasteiger partial charge < -0.3 is 14.6 Å². The molecule has 0 saturated carbocycles. The molecule has 1 aromatic carbocycles. The molecule has 1 N–H and O–H groups in total. The first-order valence-corrected chi connectivity index (χ1v) is 7.84. The number of carbonyl (C=O) groups excluding carboxylic acids is 2. The van der Waals surface area contributed by atoms with Crippen molar-refractivity contribution in [1.29, 1.82) is 0 Å². The minimum Gasteiger partial charge on any atom is -0.450 e. The number of fused-ring (bicyclic) bond motifs is 1. The number of piperazine rings is 1. The molecule has 1 saturated heterocycles. The maximum Gasteiger partial charge on any atom is 0.290 e. The summed E-state index contributed by atoms with van der Waals surface area (Å²) in [6.07, 6.45) is 0. The van der Waals surface area contributed by atoms with Crippen molar-refractivity contribution in [2.24, 2.45) is 0 Å². The van der Waals surface area contributed by atoms with Gasteiger partial charge >= 0.3 is 0 Å². The van der Waals surface area contributed by atoms with E-state index in [1.807, 2.05) is 32.9 Å². The number of hydrogen-bond acceptors (Lipinski definition) is 3. The van der Waals surface area contributed by atoms with Gasteiger partial charge in [0.05, 0.1) is 0 Å². The van der Waals surface area contributed by atoms with E-state index < -0.39 is 5.54 Å². The summed E-state index contributed by atoms with van der Waals surface area (Å²) in [4.78, 5) is 26.7. The molecule has 122 valence electrons. The number of rotatable bonds is 1. The van der Waals surface area contributed by atoms with E-state index in [2.05, 4.69) is 5.32 Å². The first-order chi connectivity index (χ1) is 10.7. The molecule has 2 aromatic rings. The van der Waals surface area contributed by atoms with Gasteiger partial charge in [-0.25, -0.2) is 0 Å². The van der Waals surface area contributed by atoms with E-state index in [9.17, 15) is 9.59 Å². The second-order valence-corrected chi connectivity index (χ2v) is 6.71. The van der Waals surface area contributed by atoms with Crippen LogP contribution in [-0.4, -0.2) is 35.3 Å². The maximum atomic E-state index is 13.0. The van der Waals surface area contributed by atoms with Crippen LogP contribution in [-0.2, 0) is 4.79 Å². The van der Waals surface area contributed by atoms with Crippen molar-refractivity contribution in [2.75, 3.05) is 13.1 Å². The molecule has 1 aliphatic heterocycles. The summed E-state index contributed by atoms with van der Waals surface area (Å²) in [6, 6.07) is 4.02. The average molecular weight is 314 g/mol. The molecule has 0 radical (unpaired) electrons. The van der Waals surface area contributed by atoms with Gasteiger partial charge in [0, 0.05) is 24.0 Å². The van der Waals surface area contributed by atoms with Gasteiger partial charge in [-0.05, 0) is 45.7 Å². The van der Waals surface area contributed by atoms with Crippen LogP contribution >= 0.6 is 0 Å². The number of carbonyl (C=O) groups is 2. The van der Waals surface area contributed by atoms with Crippen molar-refractivity contribution in [2.45, 2.75) is 40.2 Å². The van der Waals surface area contributed by atoms with Gasteiger partial charge in [-0.15, -0.1) is 0 Å². The molecule has 3 rings (SSSR count). The fraction of sp³-hybridized carbons (Fsp3) is 0.444. The fourth-order valence-corrected chi connectivity index (χ4v) is 3.10. The number of hydrogen-bond donors (Lipinski definition) is 1. The highest BCUT2D eigenvalue weighted by Crippen LogP contribution is 2.31. The van der Waals surface area contributed by atoms with Crippen molar-refractivity contribution < 1.29 is 14.0 Å². The molecular formula is C18H22N2O3. The highest BCUT2D eigenvalue weighted by Gasteiger charge is 2.42. The van der Waals surface area contributed by atoms with E-state index in [0.717, 1.165) is 27.7 Å². The quantitative estimate of drug-likeness (QED) is 0.880. The summed E-state index contributed by atoms with van der Waals surface area (Å²) < 4.78 is 5.93. The van der Waals surface area contributed by atoms with Crippen LogP contribution in [0.1, 0.15) is 41.1 Å². The third kappa shape index (κ3) is 2.22. The largest absolute Gasteiger partial charge is 0.450 e. The Labute approximate surface area is 135 Å². The predicted molar refractivity (Wildman–Crippen MR) is 88.6 cm³/mol. The molecule has 1 aromatic heterocycles. The minimum atomic E-state index is -0.883. The Kier molecular flexibility index (Phi) is 3.47. The molecule has 2 amide bonds. The third-order valence-corrected chi connectivity index (χ3v) is 4.92. The van der Waals surface area contributed by atoms with E-state index >= 15 is 0 Å². The SMILES string of the molecule is Cc1ccc2c(C)c(C(=O)N3CCNC(=O)C3(C)C)oc2c1C. The molecule has 23 heavy (non-hydrogen) atoms. The lowest BCUT2D eigenvalue weighted by Crippen LogP contribution is -2.63. The Hall–Kier alpha value is -2.30. The number of aryl methyl sites for hydroxylation is 3. The summed E-state index contributed by atoms with van der Waals surface area (Å²) >= 11 is 0. The van der Waals surface area contributed by atoms with Crippen molar-refractivity contribution in [1.82, 2.24) is 10.2 Å². The van der Waals surface area contributed by atoms with Crippen LogP contribution in [0.2, 0.25) is 0 Å². The molecule has 0 unspecified atom stereocenters. The second kappa shape index (κ2) is 5.11. The van der Waals surface area contributed by atoms with E-state index in [1.54, 1.807) is 18.7 Å². The average Bonchev–Trinajstić information content (AvgIpc) is 2.83. The van der Waals surface area contributed by atoms with Gasteiger partial charge in [-0.1, -0.05) is 12.1 Å². The standard InChI is InChI=1S/C18H22N2O3/c1-10-6-7-13-12(3)15(23-14(13)11(10)2)16(21)20-9-8-19-17(22)18(20,4)5/h6-7H,8-9H2,1-5H3,(H,19,22). The number of furan rings is 1. The van der Waals surface area contributed by atoms with Crippen molar-refractivity contribution in [3.8, 4) is 0 Å². The molecule has 5 nitrogen and oxygen atoms in total. The monoisotopic (exact) mass is 314 g/mol. The van der Waals surface area contributed by atoms with Crippen LogP contribution in [0, 0.1) is 20.8 Å². The van der Waals surface area contributed by atoms with Gasteiger partial charge in [-0.2, -0.15) is 0 Å². The summed E-state index contributed by atoms with van der Waals surface area (Å²) in [6.45, 7) is 10.4. The van der Waals surface area contributed by atoms with Crippen LogP contribution in [0.5, 0.6) is 0 Å². The van der Waals surface area contributed by atoms with E-state index in [4.69, 9.17) is 4.42 Å². The van der Waals surface area contributed by atoms with Crippen LogP contribution in [0.25, 0.3) is 11.0 Å². The van der Waals surface area contributed by atoms with Crippen LogP contribution in [0.4, 0.5) is 0 Å². The summed E-state index contributed by atoms with van der Waals surface area (Å²) in [5, 5.41) is 3.76. The first kappa shape index (κ1) is 15.6.